The highest BCUT2D eigenvalue weighted by molar-refractivity contribution is 5.98. The largest absolute Gasteiger partial charge is 0.379 e. The Bertz CT molecular complexity index is 629. The van der Waals surface area contributed by atoms with E-state index in [2.05, 4.69) is 28.2 Å². The number of hydrogen-bond acceptors (Lipinski definition) is 3. The van der Waals surface area contributed by atoms with Gasteiger partial charge in [-0.15, -0.1) is 0 Å². The average molecular weight is 287 g/mol. The van der Waals surface area contributed by atoms with Crippen molar-refractivity contribution in [3.05, 3.63) is 35.5 Å². The van der Waals surface area contributed by atoms with E-state index in [1.54, 1.807) is 0 Å². The molecule has 0 atom stereocenters. The maximum atomic E-state index is 12.2. The van der Waals surface area contributed by atoms with E-state index >= 15 is 0 Å². The molecule has 2 aromatic rings. The van der Waals surface area contributed by atoms with Crippen LogP contribution in [0.3, 0.4) is 0 Å². The first-order chi connectivity index (χ1) is 10.2. The summed E-state index contributed by atoms with van der Waals surface area (Å²) < 4.78 is 5.31. The molecule has 0 aliphatic carbocycles. The molecule has 1 aliphatic heterocycles. The number of fused-ring (bicyclic) bond motifs is 1. The Morgan fingerprint density at radius 3 is 2.95 bits per heavy atom. The van der Waals surface area contributed by atoms with E-state index in [0.29, 0.717) is 12.2 Å². The van der Waals surface area contributed by atoms with E-state index in [4.69, 9.17) is 4.74 Å². The van der Waals surface area contributed by atoms with Crippen molar-refractivity contribution < 1.29 is 9.53 Å². The van der Waals surface area contributed by atoms with Gasteiger partial charge in [0.25, 0.3) is 5.91 Å². The molecule has 3 rings (SSSR count). The molecule has 0 unspecified atom stereocenters. The van der Waals surface area contributed by atoms with E-state index in [0.717, 1.165) is 43.8 Å². The Kier molecular flexibility index (Phi) is 4.22. The molecule has 1 saturated heterocycles. The summed E-state index contributed by atoms with van der Waals surface area (Å²) in [4.78, 5) is 17.7. The maximum Gasteiger partial charge on any atom is 0.267 e. The van der Waals surface area contributed by atoms with Crippen molar-refractivity contribution in [3.63, 3.8) is 0 Å². The monoisotopic (exact) mass is 287 g/mol. The first-order valence-corrected chi connectivity index (χ1v) is 7.41. The first-order valence-electron chi connectivity index (χ1n) is 7.41. The number of hydrogen-bond donors (Lipinski definition) is 2. The van der Waals surface area contributed by atoms with Gasteiger partial charge in [-0.05, 0) is 24.6 Å². The van der Waals surface area contributed by atoms with Gasteiger partial charge in [-0.25, -0.2) is 0 Å². The van der Waals surface area contributed by atoms with Gasteiger partial charge in [0.2, 0.25) is 0 Å². The second-order valence-electron chi connectivity index (χ2n) is 5.43. The normalized spacial score (nSPS) is 16.2. The summed E-state index contributed by atoms with van der Waals surface area (Å²) >= 11 is 0. The molecular formula is C16H21N3O2. The number of aromatic nitrogens is 1. The molecule has 21 heavy (non-hydrogen) atoms. The van der Waals surface area contributed by atoms with Crippen molar-refractivity contribution in [1.29, 1.82) is 0 Å². The molecule has 0 bridgehead atoms. The van der Waals surface area contributed by atoms with Gasteiger partial charge in [-0.1, -0.05) is 12.1 Å². The summed E-state index contributed by atoms with van der Waals surface area (Å²) in [5, 5.41) is 4.08. The molecule has 5 nitrogen and oxygen atoms in total. The number of ether oxygens (including phenoxy) is 1. The van der Waals surface area contributed by atoms with Gasteiger partial charge < -0.3 is 15.0 Å². The Morgan fingerprint density at radius 2 is 2.19 bits per heavy atom. The molecule has 5 heteroatoms. The number of carbonyl (C=O) groups excluding carboxylic acids is 1. The molecule has 0 radical (unpaired) electrons. The predicted molar refractivity (Wildman–Crippen MR) is 82.6 cm³/mol. The third-order valence-corrected chi connectivity index (χ3v) is 3.94. The van der Waals surface area contributed by atoms with Crippen LogP contribution in [-0.4, -0.2) is 55.2 Å². The lowest BCUT2D eigenvalue weighted by atomic mass is 10.1. The fraction of sp³-hybridized carbons (Fsp3) is 0.438. The van der Waals surface area contributed by atoms with Crippen LogP contribution < -0.4 is 5.32 Å². The SMILES string of the molecule is Cc1cccc2[nH]c(C(=O)NCCN3CCOCC3)cc12. The first kappa shape index (κ1) is 14.1. The summed E-state index contributed by atoms with van der Waals surface area (Å²) in [5.74, 6) is -0.0427. The molecule has 0 spiro atoms. The average Bonchev–Trinajstić information content (AvgIpc) is 2.94. The topological polar surface area (TPSA) is 57.4 Å². The molecule has 1 aromatic carbocycles. The van der Waals surface area contributed by atoms with Crippen molar-refractivity contribution in [2.24, 2.45) is 0 Å². The number of H-pyrrole nitrogens is 1. The number of aromatic amines is 1. The van der Waals surface area contributed by atoms with Gasteiger partial charge in [0.05, 0.1) is 13.2 Å². The number of nitrogens with one attached hydrogen (secondary N) is 2. The number of morpholine rings is 1. The van der Waals surface area contributed by atoms with E-state index in [9.17, 15) is 4.79 Å². The Balaban J connectivity index is 1.57. The van der Waals surface area contributed by atoms with E-state index in [1.165, 1.54) is 5.56 Å². The molecule has 2 heterocycles. The predicted octanol–water partition coefficient (Wildman–Crippen LogP) is 1.54. The van der Waals surface area contributed by atoms with Crippen LogP contribution in [0.4, 0.5) is 0 Å². The van der Waals surface area contributed by atoms with Crippen LogP contribution in [-0.2, 0) is 4.74 Å². The third-order valence-electron chi connectivity index (χ3n) is 3.94. The number of benzene rings is 1. The summed E-state index contributed by atoms with van der Waals surface area (Å²) in [6, 6.07) is 7.96. The van der Waals surface area contributed by atoms with E-state index in [1.807, 2.05) is 18.2 Å². The van der Waals surface area contributed by atoms with E-state index < -0.39 is 0 Å². The summed E-state index contributed by atoms with van der Waals surface area (Å²) in [6.07, 6.45) is 0. The zero-order valence-electron chi connectivity index (χ0n) is 12.3. The molecule has 1 amide bonds. The van der Waals surface area contributed by atoms with Gasteiger partial charge in [0.15, 0.2) is 0 Å². The van der Waals surface area contributed by atoms with Crippen molar-refractivity contribution >= 4 is 16.8 Å². The standard InChI is InChI=1S/C16H21N3O2/c1-12-3-2-4-14-13(12)11-15(18-14)16(20)17-5-6-19-7-9-21-10-8-19/h2-4,11,18H,5-10H2,1H3,(H,17,20). The minimum absolute atomic E-state index is 0.0427. The molecular weight excluding hydrogens is 266 g/mol. The highest BCUT2D eigenvalue weighted by atomic mass is 16.5. The summed E-state index contributed by atoms with van der Waals surface area (Å²) in [5.41, 5.74) is 2.81. The minimum Gasteiger partial charge on any atom is -0.379 e. The lowest BCUT2D eigenvalue weighted by Crippen LogP contribution is -2.41. The van der Waals surface area contributed by atoms with Gasteiger partial charge in [-0.3, -0.25) is 9.69 Å². The van der Waals surface area contributed by atoms with Gasteiger partial charge >= 0.3 is 0 Å². The molecule has 1 aromatic heterocycles. The number of rotatable bonds is 4. The lowest BCUT2D eigenvalue weighted by molar-refractivity contribution is 0.0383. The minimum atomic E-state index is -0.0427. The van der Waals surface area contributed by atoms with Crippen LogP contribution >= 0.6 is 0 Å². The molecule has 1 fully saturated rings. The van der Waals surface area contributed by atoms with Crippen LogP contribution in [0.2, 0.25) is 0 Å². The second-order valence-corrected chi connectivity index (χ2v) is 5.43. The van der Waals surface area contributed by atoms with Crippen LogP contribution in [0.5, 0.6) is 0 Å². The number of amides is 1. The lowest BCUT2D eigenvalue weighted by Gasteiger charge is -2.26. The molecule has 0 saturated carbocycles. The number of carbonyl (C=O) groups is 1. The smallest absolute Gasteiger partial charge is 0.267 e. The summed E-state index contributed by atoms with van der Waals surface area (Å²) in [7, 11) is 0. The van der Waals surface area contributed by atoms with Gasteiger partial charge in [0, 0.05) is 37.1 Å². The second kappa shape index (κ2) is 6.28. The zero-order chi connectivity index (χ0) is 14.7. The molecule has 1 aliphatic rings. The number of nitrogens with zero attached hydrogens (tertiary/aromatic N) is 1. The number of aryl methyl sites for hydroxylation is 1. The van der Waals surface area contributed by atoms with Crippen LogP contribution in [0, 0.1) is 6.92 Å². The summed E-state index contributed by atoms with van der Waals surface area (Å²) in [6.45, 7) is 7.05. The zero-order valence-corrected chi connectivity index (χ0v) is 12.3. The quantitative estimate of drug-likeness (QED) is 0.897. The van der Waals surface area contributed by atoms with Crippen LogP contribution in [0.25, 0.3) is 10.9 Å². The van der Waals surface area contributed by atoms with E-state index in [-0.39, 0.29) is 5.91 Å². The van der Waals surface area contributed by atoms with Crippen LogP contribution in [0.1, 0.15) is 16.1 Å². The Labute approximate surface area is 124 Å². The van der Waals surface area contributed by atoms with Crippen molar-refractivity contribution in [2.75, 3.05) is 39.4 Å². The third kappa shape index (κ3) is 3.25. The van der Waals surface area contributed by atoms with Crippen molar-refractivity contribution in [3.8, 4) is 0 Å². The Hall–Kier alpha value is -1.85. The molecule has 112 valence electrons. The van der Waals surface area contributed by atoms with Gasteiger partial charge in [0.1, 0.15) is 5.69 Å². The highest BCUT2D eigenvalue weighted by Gasteiger charge is 2.12. The fourth-order valence-corrected chi connectivity index (χ4v) is 2.68. The van der Waals surface area contributed by atoms with Gasteiger partial charge in [-0.2, -0.15) is 0 Å². The molecule has 2 N–H and O–H groups in total. The fourth-order valence-electron chi connectivity index (χ4n) is 2.68. The maximum absolute atomic E-state index is 12.2. The highest BCUT2D eigenvalue weighted by Crippen LogP contribution is 2.18. The Morgan fingerprint density at radius 1 is 1.38 bits per heavy atom. The van der Waals surface area contributed by atoms with Crippen molar-refractivity contribution in [1.82, 2.24) is 15.2 Å². The van der Waals surface area contributed by atoms with Crippen LogP contribution in [0.15, 0.2) is 24.3 Å². The van der Waals surface area contributed by atoms with Crippen molar-refractivity contribution in [2.45, 2.75) is 6.92 Å².